The molecule has 0 spiro atoms. The second-order valence-electron chi connectivity index (χ2n) is 10.7. The van der Waals surface area contributed by atoms with Gasteiger partial charge in [0.25, 0.3) is 0 Å². The average Bonchev–Trinajstić information content (AvgIpc) is 3.02. The molecular weight excluding hydrogens is 410 g/mol. The molecule has 2 saturated heterocycles. The lowest BCUT2D eigenvalue weighted by molar-refractivity contribution is -0.140. The molecule has 2 amide bonds. The van der Waals surface area contributed by atoms with Crippen molar-refractivity contribution in [3.05, 3.63) is 71.3 Å². The Morgan fingerprint density at radius 2 is 1.67 bits per heavy atom. The molecule has 5 heteroatoms. The zero-order valence-corrected chi connectivity index (χ0v) is 20.2. The van der Waals surface area contributed by atoms with Crippen LogP contribution in [0.4, 0.5) is 0 Å². The van der Waals surface area contributed by atoms with Crippen molar-refractivity contribution in [1.82, 2.24) is 9.80 Å². The summed E-state index contributed by atoms with van der Waals surface area (Å²) in [4.78, 5) is 29.5. The molecule has 3 atom stereocenters. The minimum Gasteiger partial charge on any atom is -0.366 e. The zero-order valence-electron chi connectivity index (χ0n) is 20.2. The highest BCUT2D eigenvalue weighted by atomic mass is 16.2. The Labute approximate surface area is 197 Å². The molecule has 33 heavy (non-hydrogen) atoms. The summed E-state index contributed by atoms with van der Waals surface area (Å²) < 4.78 is 0. The van der Waals surface area contributed by atoms with Gasteiger partial charge in [-0.1, -0.05) is 63.2 Å². The van der Waals surface area contributed by atoms with Crippen molar-refractivity contribution in [2.75, 3.05) is 13.1 Å². The third kappa shape index (κ3) is 5.47. The number of fused-ring (bicyclic) bond motifs is 2. The zero-order chi connectivity index (χ0) is 23.6. The van der Waals surface area contributed by atoms with Crippen LogP contribution in [0.1, 0.15) is 73.9 Å². The fraction of sp³-hybridized carbons (Fsp3) is 0.500. The third-order valence-electron chi connectivity index (χ3n) is 7.30. The maximum absolute atomic E-state index is 13.2. The van der Waals surface area contributed by atoms with Gasteiger partial charge in [0.1, 0.15) is 0 Å². The molecule has 0 saturated carbocycles. The molecule has 2 heterocycles. The van der Waals surface area contributed by atoms with Gasteiger partial charge in [-0.3, -0.25) is 14.5 Å². The molecule has 0 aliphatic carbocycles. The van der Waals surface area contributed by atoms with Crippen LogP contribution in [0.5, 0.6) is 0 Å². The van der Waals surface area contributed by atoms with E-state index >= 15 is 0 Å². The Hall–Kier alpha value is -2.66. The normalized spacial score (nSPS) is 22.8. The van der Waals surface area contributed by atoms with Crippen molar-refractivity contribution in [2.45, 2.75) is 71.0 Å². The number of nitrogens with zero attached hydrogens (tertiary/aromatic N) is 2. The van der Waals surface area contributed by atoms with E-state index in [4.69, 9.17) is 5.73 Å². The van der Waals surface area contributed by atoms with Gasteiger partial charge in [-0.25, -0.2) is 0 Å². The SMILES string of the molecule is CC(C)(C)C(=O)N(CCN1[C@@H]2CC[C@H]1C[C@@H](c1cccc(C(N)=O)c1)C2)Cc1ccccc1. The fourth-order valence-corrected chi connectivity index (χ4v) is 5.62. The monoisotopic (exact) mass is 447 g/mol. The molecule has 5 nitrogen and oxygen atoms in total. The molecule has 2 bridgehead atoms. The Bertz CT molecular complexity index is 968. The molecule has 0 unspecified atom stereocenters. The van der Waals surface area contributed by atoms with Gasteiger partial charge in [-0.2, -0.15) is 0 Å². The van der Waals surface area contributed by atoms with Gasteiger partial charge in [0, 0.05) is 42.7 Å². The number of carbonyl (C=O) groups excluding carboxylic acids is 2. The summed E-state index contributed by atoms with van der Waals surface area (Å²) in [5.41, 5.74) is 8.11. The van der Waals surface area contributed by atoms with Crippen LogP contribution in [-0.2, 0) is 11.3 Å². The number of piperidine rings is 1. The van der Waals surface area contributed by atoms with E-state index in [1.54, 1.807) is 6.07 Å². The van der Waals surface area contributed by atoms with Gasteiger partial charge < -0.3 is 10.6 Å². The predicted molar refractivity (Wildman–Crippen MR) is 132 cm³/mol. The first kappa shape index (κ1) is 23.5. The van der Waals surface area contributed by atoms with Crippen molar-refractivity contribution in [2.24, 2.45) is 11.1 Å². The second kappa shape index (κ2) is 9.68. The first-order chi connectivity index (χ1) is 15.7. The molecule has 2 aromatic rings. The standard InChI is InChI=1S/C28H37N3O2/c1-28(2,3)27(33)30(19-20-8-5-4-6-9-20)14-15-31-24-12-13-25(31)18-23(17-24)21-10-7-11-22(16-21)26(29)32/h4-11,16,23-25H,12-15,17-19H2,1-3H3,(H2,29,32)/t23-,24+,25-. The van der Waals surface area contributed by atoms with Gasteiger partial charge in [-0.05, 0) is 54.9 Å². The van der Waals surface area contributed by atoms with E-state index in [9.17, 15) is 9.59 Å². The quantitative estimate of drug-likeness (QED) is 0.676. The topological polar surface area (TPSA) is 66.6 Å². The first-order valence-electron chi connectivity index (χ1n) is 12.2. The molecular formula is C28H37N3O2. The lowest BCUT2D eigenvalue weighted by Gasteiger charge is -2.40. The highest BCUT2D eigenvalue weighted by Gasteiger charge is 2.41. The summed E-state index contributed by atoms with van der Waals surface area (Å²) in [6, 6.07) is 19.2. The lowest BCUT2D eigenvalue weighted by Crippen LogP contribution is -2.48. The Kier molecular flexibility index (Phi) is 6.89. The molecule has 176 valence electrons. The number of amides is 2. The van der Waals surface area contributed by atoms with Crippen molar-refractivity contribution in [1.29, 1.82) is 0 Å². The van der Waals surface area contributed by atoms with E-state index in [0.29, 0.717) is 30.1 Å². The molecule has 0 radical (unpaired) electrons. The maximum Gasteiger partial charge on any atom is 0.248 e. The van der Waals surface area contributed by atoms with Crippen LogP contribution in [0.3, 0.4) is 0 Å². The molecule has 2 N–H and O–H groups in total. The number of primary amides is 1. The highest BCUT2D eigenvalue weighted by molar-refractivity contribution is 5.92. The van der Waals surface area contributed by atoms with E-state index in [2.05, 4.69) is 23.1 Å². The van der Waals surface area contributed by atoms with Crippen LogP contribution in [0.2, 0.25) is 0 Å². The van der Waals surface area contributed by atoms with Crippen molar-refractivity contribution in [3.63, 3.8) is 0 Å². The van der Waals surface area contributed by atoms with Crippen LogP contribution < -0.4 is 5.73 Å². The smallest absolute Gasteiger partial charge is 0.248 e. The van der Waals surface area contributed by atoms with Crippen LogP contribution in [0, 0.1) is 5.41 Å². The van der Waals surface area contributed by atoms with Gasteiger partial charge in [-0.15, -0.1) is 0 Å². The number of nitrogens with two attached hydrogens (primary N) is 1. The van der Waals surface area contributed by atoms with Gasteiger partial charge >= 0.3 is 0 Å². The van der Waals surface area contributed by atoms with Crippen LogP contribution in [0.15, 0.2) is 54.6 Å². The lowest BCUT2D eigenvalue weighted by atomic mass is 9.84. The van der Waals surface area contributed by atoms with Crippen LogP contribution in [0.25, 0.3) is 0 Å². The number of benzene rings is 2. The predicted octanol–water partition coefficient (Wildman–Crippen LogP) is 4.57. The summed E-state index contributed by atoms with van der Waals surface area (Å²) in [7, 11) is 0. The third-order valence-corrected chi connectivity index (χ3v) is 7.30. The molecule has 0 aromatic heterocycles. The largest absolute Gasteiger partial charge is 0.366 e. The minimum atomic E-state index is -0.397. The van der Waals surface area contributed by atoms with Crippen molar-refractivity contribution >= 4 is 11.8 Å². The molecule has 2 aliphatic rings. The number of carbonyl (C=O) groups is 2. The van der Waals surface area contributed by atoms with E-state index in [1.165, 1.54) is 24.0 Å². The van der Waals surface area contributed by atoms with E-state index in [-0.39, 0.29) is 11.8 Å². The number of rotatable bonds is 7. The van der Waals surface area contributed by atoms with Crippen LogP contribution >= 0.6 is 0 Å². The Balaban J connectivity index is 1.43. The summed E-state index contributed by atoms with van der Waals surface area (Å²) in [5.74, 6) is 0.311. The summed E-state index contributed by atoms with van der Waals surface area (Å²) in [5, 5.41) is 0. The Morgan fingerprint density at radius 3 is 2.27 bits per heavy atom. The van der Waals surface area contributed by atoms with Crippen molar-refractivity contribution < 1.29 is 9.59 Å². The molecule has 4 rings (SSSR count). The van der Waals surface area contributed by atoms with Gasteiger partial charge in [0.15, 0.2) is 0 Å². The minimum absolute atomic E-state index is 0.205. The van der Waals surface area contributed by atoms with Crippen LogP contribution in [-0.4, -0.2) is 46.8 Å². The fourth-order valence-electron chi connectivity index (χ4n) is 5.62. The van der Waals surface area contributed by atoms with E-state index < -0.39 is 5.41 Å². The molecule has 2 aliphatic heterocycles. The van der Waals surface area contributed by atoms with Crippen molar-refractivity contribution in [3.8, 4) is 0 Å². The summed E-state index contributed by atoms with van der Waals surface area (Å²) >= 11 is 0. The first-order valence-corrected chi connectivity index (χ1v) is 12.2. The average molecular weight is 448 g/mol. The Morgan fingerprint density at radius 1 is 1.00 bits per heavy atom. The van der Waals surface area contributed by atoms with E-state index in [0.717, 1.165) is 25.9 Å². The molecule has 2 fully saturated rings. The highest BCUT2D eigenvalue weighted by Crippen LogP contribution is 2.43. The molecule has 2 aromatic carbocycles. The number of hydrogen-bond acceptors (Lipinski definition) is 3. The summed E-state index contributed by atoms with van der Waals surface area (Å²) in [6.07, 6.45) is 4.63. The number of hydrogen-bond donors (Lipinski definition) is 1. The van der Waals surface area contributed by atoms with Gasteiger partial charge in [0.2, 0.25) is 11.8 Å². The maximum atomic E-state index is 13.2. The van der Waals surface area contributed by atoms with Gasteiger partial charge in [0.05, 0.1) is 0 Å². The summed E-state index contributed by atoms with van der Waals surface area (Å²) in [6.45, 7) is 8.33. The van der Waals surface area contributed by atoms with E-state index in [1.807, 2.05) is 56.0 Å². The second-order valence-corrected chi connectivity index (χ2v) is 10.7.